The largest absolute Gasteiger partial charge is 0.872 e. The lowest BCUT2D eigenvalue weighted by atomic mass is 9.79. The number of unbranched alkanes of at least 4 members (excludes halogenated alkanes) is 1. The number of hydroxylamine groups is 1. The number of hydrogen-bond donors (Lipinski definition) is 1. The molecule has 1 aliphatic rings. The third-order valence-electron chi connectivity index (χ3n) is 5.37. The summed E-state index contributed by atoms with van der Waals surface area (Å²) in [5, 5.41) is 23.9. The van der Waals surface area contributed by atoms with Crippen LogP contribution >= 0.6 is 0 Å². The molecule has 0 spiro atoms. The predicted octanol–water partition coefficient (Wildman–Crippen LogP) is 4.69. The highest BCUT2D eigenvalue weighted by Gasteiger charge is 2.37. The van der Waals surface area contributed by atoms with Gasteiger partial charge in [0, 0.05) is 17.6 Å². The standard InChI is InChI=1S/C21H28N2O2/c1-3-5-13-21(4-2)15-22(17-9-7-6-8-10-17)19-12-11-18(24)14-20(19)23(25)16-21/h6-12,14,24-25H,3-5,13,15-16H2,1-2H3/p-1. The van der Waals surface area contributed by atoms with Gasteiger partial charge < -0.3 is 10.0 Å². The van der Waals surface area contributed by atoms with Crippen LogP contribution in [0.3, 0.4) is 0 Å². The van der Waals surface area contributed by atoms with Gasteiger partial charge in [0.25, 0.3) is 0 Å². The van der Waals surface area contributed by atoms with E-state index in [1.165, 1.54) is 11.1 Å². The van der Waals surface area contributed by atoms with Gasteiger partial charge in [-0.25, -0.2) is 0 Å². The number of nitrogens with zero attached hydrogens (tertiary/aromatic N) is 2. The van der Waals surface area contributed by atoms with Crippen molar-refractivity contribution in [1.29, 1.82) is 0 Å². The zero-order chi connectivity index (χ0) is 17.9. The van der Waals surface area contributed by atoms with Crippen LogP contribution in [-0.4, -0.2) is 18.3 Å². The van der Waals surface area contributed by atoms with Crippen molar-refractivity contribution in [3.63, 3.8) is 0 Å². The second-order valence-corrected chi connectivity index (χ2v) is 7.09. The third kappa shape index (κ3) is 3.59. The normalized spacial score (nSPS) is 20.3. The van der Waals surface area contributed by atoms with Gasteiger partial charge in [0.15, 0.2) is 0 Å². The van der Waals surface area contributed by atoms with Crippen LogP contribution in [0.2, 0.25) is 0 Å². The minimum Gasteiger partial charge on any atom is -0.872 e. The van der Waals surface area contributed by atoms with E-state index in [9.17, 15) is 10.3 Å². The van der Waals surface area contributed by atoms with E-state index in [0.29, 0.717) is 12.2 Å². The van der Waals surface area contributed by atoms with Crippen molar-refractivity contribution in [1.82, 2.24) is 0 Å². The Bertz CT molecular complexity index is 704. The molecule has 0 aromatic heterocycles. The first-order chi connectivity index (χ1) is 12.1. The number of hydrogen-bond acceptors (Lipinski definition) is 4. The average molecular weight is 339 g/mol. The molecule has 2 aromatic carbocycles. The minimum absolute atomic E-state index is 0.0251. The molecule has 1 unspecified atom stereocenters. The van der Waals surface area contributed by atoms with Crippen LogP contribution in [0.4, 0.5) is 17.1 Å². The topological polar surface area (TPSA) is 49.8 Å². The number of anilines is 3. The quantitative estimate of drug-likeness (QED) is 0.858. The van der Waals surface area contributed by atoms with Crippen LogP contribution < -0.4 is 15.1 Å². The summed E-state index contributed by atoms with van der Waals surface area (Å²) in [6, 6.07) is 15.2. The summed E-state index contributed by atoms with van der Waals surface area (Å²) in [6.45, 7) is 5.77. The summed E-state index contributed by atoms with van der Waals surface area (Å²) in [5.74, 6) is -0.0802. The highest BCUT2D eigenvalue weighted by Crippen LogP contribution is 2.44. The molecule has 0 aliphatic carbocycles. The second-order valence-electron chi connectivity index (χ2n) is 7.09. The molecule has 1 atom stereocenters. The Labute approximate surface area is 150 Å². The van der Waals surface area contributed by atoms with Crippen molar-refractivity contribution < 1.29 is 10.3 Å². The molecule has 4 heteroatoms. The van der Waals surface area contributed by atoms with Gasteiger partial charge in [-0.3, -0.25) is 10.3 Å². The molecule has 4 nitrogen and oxygen atoms in total. The molecule has 2 aromatic rings. The average Bonchev–Trinajstić information content (AvgIpc) is 2.76. The van der Waals surface area contributed by atoms with E-state index in [0.717, 1.165) is 43.6 Å². The summed E-state index contributed by atoms with van der Waals surface area (Å²) in [5.41, 5.74) is 2.55. The smallest absolute Gasteiger partial charge is 0.0865 e. The molecule has 0 bridgehead atoms. The molecule has 0 radical (unpaired) electrons. The fourth-order valence-corrected chi connectivity index (χ4v) is 3.76. The summed E-state index contributed by atoms with van der Waals surface area (Å²) in [4.78, 5) is 2.25. The molecule has 134 valence electrons. The van der Waals surface area contributed by atoms with Crippen LogP contribution in [0.25, 0.3) is 0 Å². The Hall–Kier alpha value is -2.20. The molecule has 0 fully saturated rings. The lowest BCUT2D eigenvalue weighted by Gasteiger charge is -2.37. The number of benzene rings is 2. The van der Waals surface area contributed by atoms with Crippen molar-refractivity contribution >= 4 is 17.1 Å². The molecule has 0 saturated heterocycles. The van der Waals surface area contributed by atoms with Gasteiger partial charge in [-0.05, 0) is 37.1 Å². The second kappa shape index (κ2) is 7.36. The molecule has 1 N–H and O–H groups in total. The van der Waals surface area contributed by atoms with E-state index in [1.807, 2.05) is 24.3 Å². The molecule has 3 rings (SSSR count). The van der Waals surface area contributed by atoms with Crippen molar-refractivity contribution in [3.8, 4) is 5.75 Å². The lowest BCUT2D eigenvalue weighted by Crippen LogP contribution is -2.40. The van der Waals surface area contributed by atoms with Crippen LogP contribution in [0.15, 0.2) is 48.5 Å². The first kappa shape index (κ1) is 17.6. The van der Waals surface area contributed by atoms with Crippen LogP contribution in [0, 0.1) is 5.41 Å². The van der Waals surface area contributed by atoms with E-state index < -0.39 is 0 Å². The minimum atomic E-state index is -0.0802. The zero-order valence-electron chi connectivity index (χ0n) is 15.1. The molecular formula is C21H27N2O2-. The van der Waals surface area contributed by atoms with Crippen LogP contribution in [0.1, 0.15) is 39.5 Å². The molecule has 25 heavy (non-hydrogen) atoms. The zero-order valence-corrected chi connectivity index (χ0v) is 15.1. The van der Waals surface area contributed by atoms with Gasteiger partial charge in [-0.15, -0.1) is 5.75 Å². The van der Waals surface area contributed by atoms with E-state index in [-0.39, 0.29) is 11.2 Å². The summed E-state index contributed by atoms with van der Waals surface area (Å²) < 4.78 is 0. The number of rotatable bonds is 5. The first-order valence-electron chi connectivity index (χ1n) is 9.18. The van der Waals surface area contributed by atoms with Gasteiger partial charge in [-0.1, -0.05) is 51.0 Å². The maximum atomic E-state index is 11.9. The Morgan fingerprint density at radius 2 is 1.80 bits per heavy atom. The fourth-order valence-electron chi connectivity index (χ4n) is 3.76. The monoisotopic (exact) mass is 339 g/mol. The fraction of sp³-hybridized carbons (Fsp3) is 0.429. The Morgan fingerprint density at radius 1 is 1.04 bits per heavy atom. The van der Waals surface area contributed by atoms with E-state index >= 15 is 0 Å². The molecular weight excluding hydrogens is 312 g/mol. The van der Waals surface area contributed by atoms with Gasteiger partial charge in [0.2, 0.25) is 0 Å². The molecule has 0 amide bonds. The van der Waals surface area contributed by atoms with Crippen LogP contribution in [0.5, 0.6) is 5.75 Å². The Kier molecular flexibility index (Phi) is 5.19. The maximum absolute atomic E-state index is 11.9. The highest BCUT2D eigenvalue weighted by molar-refractivity contribution is 5.78. The van der Waals surface area contributed by atoms with E-state index in [1.54, 1.807) is 6.07 Å². The maximum Gasteiger partial charge on any atom is 0.0865 e. The van der Waals surface area contributed by atoms with Crippen LogP contribution in [-0.2, 0) is 0 Å². The number of fused-ring (bicyclic) bond motifs is 1. The lowest BCUT2D eigenvalue weighted by molar-refractivity contribution is -0.268. The molecule has 1 heterocycles. The third-order valence-corrected chi connectivity index (χ3v) is 5.37. The van der Waals surface area contributed by atoms with Crippen molar-refractivity contribution in [3.05, 3.63) is 48.5 Å². The van der Waals surface area contributed by atoms with Gasteiger partial charge in [-0.2, -0.15) is 0 Å². The predicted molar refractivity (Wildman–Crippen MR) is 101 cm³/mol. The summed E-state index contributed by atoms with van der Waals surface area (Å²) in [6.07, 6.45) is 4.30. The first-order valence-corrected chi connectivity index (χ1v) is 9.18. The highest BCUT2D eigenvalue weighted by atomic mass is 16.5. The summed E-state index contributed by atoms with van der Waals surface area (Å²) >= 11 is 0. The summed E-state index contributed by atoms with van der Waals surface area (Å²) in [7, 11) is 0. The van der Waals surface area contributed by atoms with E-state index in [2.05, 4.69) is 30.9 Å². The van der Waals surface area contributed by atoms with Gasteiger partial charge >= 0.3 is 0 Å². The van der Waals surface area contributed by atoms with Crippen molar-refractivity contribution in [2.75, 3.05) is 23.1 Å². The van der Waals surface area contributed by atoms with Gasteiger partial charge in [0.1, 0.15) is 0 Å². The van der Waals surface area contributed by atoms with Crippen molar-refractivity contribution in [2.45, 2.75) is 39.5 Å². The number of para-hydroxylation sites is 1. The van der Waals surface area contributed by atoms with E-state index in [4.69, 9.17) is 0 Å². The molecule has 1 aliphatic heterocycles. The Morgan fingerprint density at radius 3 is 2.48 bits per heavy atom. The Balaban J connectivity index is 2.10. The molecule has 0 saturated carbocycles. The van der Waals surface area contributed by atoms with Gasteiger partial charge in [0.05, 0.1) is 17.9 Å². The SMILES string of the molecule is CCCCC1(CC)CN(O)c2cc([O-])ccc2N(c2ccccc2)C1. The van der Waals surface area contributed by atoms with Crippen molar-refractivity contribution in [2.24, 2.45) is 5.41 Å².